The molecule has 3 amide bonds. The van der Waals surface area contributed by atoms with Gasteiger partial charge in [0.25, 0.3) is 0 Å². The molecule has 0 heterocycles. The molecular formula is C18H33N3O6. The Balaban J connectivity index is 4.07. The average molecular weight is 387 g/mol. The second-order valence-electron chi connectivity index (χ2n) is 7.64. The molecular weight excluding hydrogens is 354 g/mol. The van der Waals surface area contributed by atoms with E-state index in [1.165, 1.54) is 7.11 Å². The summed E-state index contributed by atoms with van der Waals surface area (Å²) < 4.78 is 9.61. The Kier molecular flexibility index (Phi) is 10.4. The molecule has 0 saturated heterocycles. The summed E-state index contributed by atoms with van der Waals surface area (Å²) in [5.41, 5.74) is -1.66. The zero-order valence-corrected chi connectivity index (χ0v) is 17.2. The van der Waals surface area contributed by atoms with Crippen LogP contribution < -0.4 is 16.0 Å². The minimum atomic E-state index is -1.08. The predicted octanol–water partition coefficient (Wildman–Crippen LogP) is 1.26. The molecule has 0 aliphatic heterocycles. The summed E-state index contributed by atoms with van der Waals surface area (Å²) in [6.07, 6.45) is 0.721. The van der Waals surface area contributed by atoms with Gasteiger partial charge < -0.3 is 25.4 Å². The number of ether oxygens (including phenoxy) is 2. The number of carbonyl (C=O) groups is 4. The normalized spacial score (nSPS) is 11.3. The van der Waals surface area contributed by atoms with E-state index >= 15 is 0 Å². The van der Waals surface area contributed by atoms with E-state index in [1.807, 2.05) is 0 Å². The summed E-state index contributed by atoms with van der Waals surface area (Å²) >= 11 is 0. The van der Waals surface area contributed by atoms with Crippen LogP contribution in [-0.4, -0.2) is 55.2 Å². The summed E-state index contributed by atoms with van der Waals surface area (Å²) in [6.45, 7) is 9.10. The van der Waals surface area contributed by atoms with Gasteiger partial charge in [-0.15, -0.1) is 0 Å². The van der Waals surface area contributed by atoms with Crippen molar-refractivity contribution in [3.05, 3.63) is 0 Å². The van der Waals surface area contributed by atoms with Gasteiger partial charge in [-0.25, -0.2) is 4.79 Å². The SMILES string of the molecule is COC(=O)CCCNC(=O)C(C)(C)NC(=O)CCCNC(=O)OC(C)(C)C. The maximum absolute atomic E-state index is 12.2. The minimum Gasteiger partial charge on any atom is -0.469 e. The average Bonchev–Trinajstić information content (AvgIpc) is 2.53. The Morgan fingerprint density at radius 1 is 0.852 bits per heavy atom. The molecule has 3 N–H and O–H groups in total. The van der Waals surface area contributed by atoms with Crippen LogP contribution in [-0.2, 0) is 23.9 Å². The van der Waals surface area contributed by atoms with Crippen LogP contribution in [0.5, 0.6) is 0 Å². The molecule has 9 heteroatoms. The quantitative estimate of drug-likeness (QED) is 0.383. The molecule has 0 rings (SSSR count). The monoisotopic (exact) mass is 387 g/mol. The molecule has 156 valence electrons. The first-order valence-corrected chi connectivity index (χ1v) is 9.00. The summed E-state index contributed by atoms with van der Waals surface area (Å²) in [4.78, 5) is 46.7. The molecule has 0 aromatic carbocycles. The van der Waals surface area contributed by atoms with Crippen LogP contribution in [0, 0.1) is 0 Å². The third-order valence-corrected chi connectivity index (χ3v) is 3.34. The fraction of sp³-hybridized carbons (Fsp3) is 0.778. The maximum Gasteiger partial charge on any atom is 0.407 e. The van der Waals surface area contributed by atoms with Gasteiger partial charge >= 0.3 is 12.1 Å². The van der Waals surface area contributed by atoms with E-state index in [-0.39, 0.29) is 30.6 Å². The predicted molar refractivity (Wildman–Crippen MR) is 100.0 cm³/mol. The topological polar surface area (TPSA) is 123 Å². The van der Waals surface area contributed by atoms with Crippen LogP contribution in [0.4, 0.5) is 4.79 Å². The largest absolute Gasteiger partial charge is 0.469 e. The van der Waals surface area contributed by atoms with Crippen LogP contribution in [0.25, 0.3) is 0 Å². The highest BCUT2D eigenvalue weighted by atomic mass is 16.6. The Hall–Kier alpha value is -2.32. The van der Waals surface area contributed by atoms with Crippen molar-refractivity contribution in [1.82, 2.24) is 16.0 Å². The Morgan fingerprint density at radius 2 is 1.41 bits per heavy atom. The van der Waals surface area contributed by atoms with E-state index in [0.717, 1.165) is 0 Å². The number of esters is 1. The number of hydrogen-bond donors (Lipinski definition) is 3. The molecule has 0 aromatic rings. The van der Waals surface area contributed by atoms with Gasteiger partial charge in [0.1, 0.15) is 11.1 Å². The van der Waals surface area contributed by atoms with Crippen LogP contribution in [0.3, 0.4) is 0 Å². The van der Waals surface area contributed by atoms with Crippen molar-refractivity contribution in [3.63, 3.8) is 0 Å². The summed E-state index contributed by atoms with van der Waals surface area (Å²) in [6, 6.07) is 0. The lowest BCUT2D eigenvalue weighted by molar-refractivity contribution is -0.140. The van der Waals surface area contributed by atoms with Crippen LogP contribution in [0.15, 0.2) is 0 Å². The number of nitrogens with one attached hydrogen (secondary N) is 3. The van der Waals surface area contributed by atoms with E-state index in [1.54, 1.807) is 34.6 Å². The first-order chi connectivity index (χ1) is 12.4. The van der Waals surface area contributed by atoms with E-state index in [9.17, 15) is 19.2 Å². The molecule has 0 atom stereocenters. The van der Waals surface area contributed by atoms with Crippen molar-refractivity contribution in [2.75, 3.05) is 20.2 Å². The number of methoxy groups -OCH3 is 1. The van der Waals surface area contributed by atoms with Gasteiger partial charge in [0, 0.05) is 25.9 Å². The fourth-order valence-corrected chi connectivity index (χ4v) is 1.98. The Morgan fingerprint density at radius 3 is 1.96 bits per heavy atom. The van der Waals surface area contributed by atoms with Crippen molar-refractivity contribution in [2.45, 2.75) is 71.4 Å². The lowest BCUT2D eigenvalue weighted by Crippen LogP contribution is -2.54. The molecule has 0 aliphatic carbocycles. The molecule has 0 saturated carbocycles. The minimum absolute atomic E-state index is 0.162. The van der Waals surface area contributed by atoms with Crippen molar-refractivity contribution in [2.24, 2.45) is 0 Å². The first kappa shape index (κ1) is 24.7. The zero-order chi connectivity index (χ0) is 21.1. The fourth-order valence-electron chi connectivity index (χ4n) is 1.98. The van der Waals surface area contributed by atoms with Crippen molar-refractivity contribution >= 4 is 23.9 Å². The molecule has 27 heavy (non-hydrogen) atoms. The van der Waals surface area contributed by atoms with E-state index < -0.39 is 17.2 Å². The van der Waals surface area contributed by atoms with E-state index in [0.29, 0.717) is 25.9 Å². The second kappa shape index (κ2) is 11.4. The van der Waals surface area contributed by atoms with Gasteiger partial charge in [-0.1, -0.05) is 0 Å². The number of amides is 3. The number of carbonyl (C=O) groups excluding carboxylic acids is 4. The lowest BCUT2D eigenvalue weighted by Gasteiger charge is -2.25. The number of alkyl carbamates (subject to hydrolysis) is 1. The van der Waals surface area contributed by atoms with Gasteiger partial charge in [0.05, 0.1) is 7.11 Å². The molecule has 0 fully saturated rings. The molecule has 0 spiro atoms. The third kappa shape index (κ3) is 12.6. The van der Waals surface area contributed by atoms with Gasteiger partial charge in [-0.2, -0.15) is 0 Å². The van der Waals surface area contributed by atoms with Crippen molar-refractivity contribution in [1.29, 1.82) is 0 Å². The van der Waals surface area contributed by atoms with Gasteiger partial charge in [-0.05, 0) is 47.5 Å². The van der Waals surface area contributed by atoms with Crippen LogP contribution >= 0.6 is 0 Å². The van der Waals surface area contributed by atoms with Crippen LogP contribution in [0.2, 0.25) is 0 Å². The molecule has 0 aromatic heterocycles. The summed E-state index contributed by atoms with van der Waals surface area (Å²) in [5, 5.41) is 7.90. The summed E-state index contributed by atoms with van der Waals surface area (Å²) in [5.74, 6) is -0.972. The standard InChI is InChI=1S/C18H33N3O6/c1-17(2,3)27-16(25)20-12-7-9-13(22)21-18(4,5)15(24)19-11-8-10-14(23)26-6/h7-12H2,1-6H3,(H,19,24)(H,20,25)(H,21,22). The van der Waals surface area contributed by atoms with Gasteiger partial charge in [0.15, 0.2) is 0 Å². The highest BCUT2D eigenvalue weighted by Crippen LogP contribution is 2.07. The smallest absolute Gasteiger partial charge is 0.407 e. The Bertz CT molecular complexity index is 526. The van der Waals surface area contributed by atoms with Gasteiger partial charge in [0.2, 0.25) is 11.8 Å². The molecule has 0 aliphatic rings. The van der Waals surface area contributed by atoms with E-state index in [2.05, 4.69) is 20.7 Å². The van der Waals surface area contributed by atoms with Crippen molar-refractivity contribution in [3.8, 4) is 0 Å². The maximum atomic E-state index is 12.2. The number of rotatable bonds is 10. The summed E-state index contributed by atoms with van der Waals surface area (Å²) in [7, 11) is 1.31. The Labute approximate surface area is 160 Å². The highest BCUT2D eigenvalue weighted by Gasteiger charge is 2.28. The van der Waals surface area contributed by atoms with E-state index in [4.69, 9.17) is 4.74 Å². The third-order valence-electron chi connectivity index (χ3n) is 3.34. The van der Waals surface area contributed by atoms with Crippen LogP contribution in [0.1, 0.15) is 60.3 Å². The zero-order valence-electron chi connectivity index (χ0n) is 17.2. The lowest BCUT2D eigenvalue weighted by atomic mass is 10.0. The molecule has 0 bridgehead atoms. The second-order valence-corrected chi connectivity index (χ2v) is 7.64. The number of hydrogen-bond acceptors (Lipinski definition) is 6. The molecule has 0 radical (unpaired) electrons. The highest BCUT2D eigenvalue weighted by molar-refractivity contribution is 5.90. The van der Waals surface area contributed by atoms with Crippen molar-refractivity contribution < 1.29 is 28.7 Å². The van der Waals surface area contributed by atoms with Gasteiger partial charge in [-0.3, -0.25) is 14.4 Å². The molecule has 0 unspecified atom stereocenters. The first-order valence-electron chi connectivity index (χ1n) is 9.00. The molecule has 9 nitrogen and oxygen atoms in total.